The number of ether oxygens (including phenoxy) is 1. The molecule has 2 aromatic carbocycles. The largest absolute Gasteiger partial charge is 0.493 e. The van der Waals surface area contributed by atoms with Gasteiger partial charge in [-0.2, -0.15) is 0 Å². The number of nitrogens with zero attached hydrogens (tertiary/aromatic N) is 1. The first-order valence-electron chi connectivity index (χ1n) is 7.50. The molecule has 2 aromatic heterocycles. The lowest BCUT2D eigenvalue weighted by Gasteiger charge is -1.99. The topological polar surface area (TPSA) is 64.4 Å². The lowest BCUT2D eigenvalue weighted by atomic mass is 10.2. The molecule has 1 amide bonds. The van der Waals surface area contributed by atoms with E-state index in [9.17, 15) is 4.79 Å². The number of thiazole rings is 1. The van der Waals surface area contributed by atoms with Crippen molar-refractivity contribution in [2.45, 2.75) is 6.92 Å². The van der Waals surface area contributed by atoms with Crippen LogP contribution in [0.15, 0.2) is 40.8 Å². The molecular formula is C18H13ClN2O3S. The number of methoxy groups -OCH3 is 1. The van der Waals surface area contributed by atoms with Crippen molar-refractivity contribution < 1.29 is 13.9 Å². The van der Waals surface area contributed by atoms with Crippen molar-refractivity contribution in [3.8, 4) is 5.75 Å². The molecule has 0 spiro atoms. The number of aryl methyl sites for hydroxylation is 1. The summed E-state index contributed by atoms with van der Waals surface area (Å²) in [5.74, 6) is 0.427. The Balaban J connectivity index is 1.67. The third-order valence-electron chi connectivity index (χ3n) is 3.92. The van der Waals surface area contributed by atoms with Crippen LogP contribution in [-0.2, 0) is 0 Å². The van der Waals surface area contributed by atoms with Crippen molar-refractivity contribution in [1.82, 2.24) is 4.98 Å². The fourth-order valence-electron chi connectivity index (χ4n) is 2.62. The fourth-order valence-corrected chi connectivity index (χ4v) is 3.69. The first-order valence-corrected chi connectivity index (χ1v) is 8.70. The first kappa shape index (κ1) is 15.9. The maximum atomic E-state index is 12.5. The van der Waals surface area contributed by atoms with Gasteiger partial charge < -0.3 is 9.15 Å². The minimum absolute atomic E-state index is 0.202. The number of rotatable bonds is 3. The highest BCUT2D eigenvalue weighted by Crippen LogP contribution is 2.33. The van der Waals surface area contributed by atoms with Crippen LogP contribution in [0.3, 0.4) is 0 Å². The van der Waals surface area contributed by atoms with E-state index in [0.29, 0.717) is 21.5 Å². The molecule has 7 heteroatoms. The summed E-state index contributed by atoms with van der Waals surface area (Å²) in [5.41, 5.74) is 2.23. The standard InChI is InChI=1S/C18H13ClN2O3S/c1-9-11(19)6-7-14-15(9)20-18(25-14)21-17(22)13-8-10-4-3-5-12(23-2)16(10)24-13/h3-8H,1-2H3,(H,20,21,22). The quantitative estimate of drug-likeness (QED) is 0.532. The molecule has 0 fully saturated rings. The van der Waals surface area contributed by atoms with Gasteiger partial charge in [-0.05, 0) is 36.8 Å². The van der Waals surface area contributed by atoms with Gasteiger partial charge in [-0.15, -0.1) is 0 Å². The van der Waals surface area contributed by atoms with Crippen molar-refractivity contribution >= 4 is 55.2 Å². The number of aromatic nitrogens is 1. The first-order chi connectivity index (χ1) is 12.1. The van der Waals surface area contributed by atoms with Crippen molar-refractivity contribution in [3.63, 3.8) is 0 Å². The van der Waals surface area contributed by atoms with Gasteiger partial charge in [0.1, 0.15) is 0 Å². The SMILES string of the molecule is COc1cccc2cc(C(=O)Nc3nc4c(C)c(Cl)ccc4s3)oc12. The summed E-state index contributed by atoms with van der Waals surface area (Å²) < 4.78 is 11.9. The predicted molar refractivity (Wildman–Crippen MR) is 100 cm³/mol. The Bertz CT molecular complexity index is 1120. The Kier molecular flexibility index (Phi) is 3.86. The number of hydrogen-bond acceptors (Lipinski definition) is 5. The smallest absolute Gasteiger partial charge is 0.293 e. The number of furan rings is 1. The molecule has 0 aliphatic rings. The van der Waals surface area contributed by atoms with Gasteiger partial charge >= 0.3 is 0 Å². The lowest BCUT2D eigenvalue weighted by Crippen LogP contribution is -2.10. The highest BCUT2D eigenvalue weighted by Gasteiger charge is 2.17. The zero-order valence-electron chi connectivity index (χ0n) is 13.4. The molecule has 4 aromatic rings. The van der Waals surface area contributed by atoms with E-state index >= 15 is 0 Å². The number of nitrogens with one attached hydrogen (secondary N) is 1. The molecule has 25 heavy (non-hydrogen) atoms. The summed E-state index contributed by atoms with van der Waals surface area (Å²) in [6.07, 6.45) is 0. The molecule has 0 radical (unpaired) electrons. The summed E-state index contributed by atoms with van der Waals surface area (Å²) >= 11 is 7.51. The number of para-hydroxylation sites is 1. The van der Waals surface area contributed by atoms with Crippen molar-refractivity contribution in [2.75, 3.05) is 12.4 Å². The number of anilines is 1. The van der Waals surface area contributed by atoms with Crippen LogP contribution in [0, 0.1) is 6.92 Å². The summed E-state index contributed by atoms with van der Waals surface area (Å²) in [4.78, 5) is 17.0. The average molecular weight is 373 g/mol. The molecule has 0 saturated carbocycles. The van der Waals surface area contributed by atoms with Gasteiger partial charge in [0, 0.05) is 10.4 Å². The number of fused-ring (bicyclic) bond motifs is 2. The minimum atomic E-state index is -0.360. The zero-order valence-corrected chi connectivity index (χ0v) is 15.0. The molecule has 4 rings (SSSR count). The number of carbonyl (C=O) groups excluding carboxylic acids is 1. The van der Waals surface area contributed by atoms with Gasteiger partial charge in [-0.3, -0.25) is 10.1 Å². The summed E-state index contributed by atoms with van der Waals surface area (Å²) in [6.45, 7) is 1.90. The minimum Gasteiger partial charge on any atom is -0.493 e. The molecule has 0 bridgehead atoms. The van der Waals surface area contributed by atoms with E-state index in [2.05, 4.69) is 10.3 Å². The maximum Gasteiger partial charge on any atom is 0.293 e. The third kappa shape index (κ3) is 2.73. The summed E-state index contributed by atoms with van der Waals surface area (Å²) in [5, 5.41) is 4.74. The van der Waals surface area contributed by atoms with E-state index in [4.69, 9.17) is 20.8 Å². The van der Waals surface area contributed by atoms with Crippen LogP contribution in [0.25, 0.3) is 21.2 Å². The molecule has 0 aliphatic heterocycles. The van der Waals surface area contributed by atoms with Crippen LogP contribution in [0.5, 0.6) is 5.75 Å². The summed E-state index contributed by atoms with van der Waals surface area (Å²) in [7, 11) is 1.56. The molecule has 5 nitrogen and oxygen atoms in total. The van der Waals surface area contributed by atoms with Gasteiger partial charge in [-0.1, -0.05) is 35.1 Å². The molecule has 0 atom stereocenters. The lowest BCUT2D eigenvalue weighted by molar-refractivity contribution is 0.0998. The summed E-state index contributed by atoms with van der Waals surface area (Å²) in [6, 6.07) is 10.9. The van der Waals surface area contributed by atoms with Crippen LogP contribution in [0.1, 0.15) is 16.1 Å². The Morgan fingerprint density at radius 1 is 1.32 bits per heavy atom. The van der Waals surface area contributed by atoms with Crippen molar-refractivity contribution in [1.29, 1.82) is 0 Å². The number of hydrogen-bond donors (Lipinski definition) is 1. The Morgan fingerprint density at radius 3 is 2.96 bits per heavy atom. The van der Waals surface area contributed by atoms with Crippen molar-refractivity contribution in [3.05, 3.63) is 52.7 Å². The van der Waals surface area contributed by atoms with E-state index in [1.807, 2.05) is 31.2 Å². The highest BCUT2D eigenvalue weighted by molar-refractivity contribution is 7.22. The van der Waals surface area contributed by atoms with E-state index in [1.165, 1.54) is 11.3 Å². The maximum absolute atomic E-state index is 12.5. The van der Waals surface area contributed by atoms with E-state index in [0.717, 1.165) is 21.2 Å². The number of amides is 1. The van der Waals surface area contributed by atoms with E-state index in [1.54, 1.807) is 19.2 Å². The van der Waals surface area contributed by atoms with Crippen molar-refractivity contribution in [2.24, 2.45) is 0 Å². The fraction of sp³-hybridized carbons (Fsp3) is 0.111. The monoisotopic (exact) mass is 372 g/mol. The van der Waals surface area contributed by atoms with Crippen LogP contribution >= 0.6 is 22.9 Å². The van der Waals surface area contributed by atoms with E-state index in [-0.39, 0.29) is 11.7 Å². The van der Waals surface area contributed by atoms with Gasteiger partial charge in [-0.25, -0.2) is 4.98 Å². The second kappa shape index (κ2) is 6.06. The molecule has 0 unspecified atom stereocenters. The normalized spacial score (nSPS) is 11.2. The molecule has 1 N–H and O–H groups in total. The molecule has 126 valence electrons. The molecule has 2 heterocycles. The molecular weight excluding hydrogens is 360 g/mol. The van der Waals surface area contributed by atoms with Crippen LogP contribution in [-0.4, -0.2) is 18.0 Å². The van der Waals surface area contributed by atoms with Gasteiger partial charge in [0.25, 0.3) is 5.91 Å². The number of carbonyl (C=O) groups is 1. The van der Waals surface area contributed by atoms with E-state index < -0.39 is 0 Å². The van der Waals surface area contributed by atoms with Gasteiger partial charge in [0.15, 0.2) is 22.2 Å². The number of benzene rings is 2. The third-order valence-corrected chi connectivity index (χ3v) is 5.27. The average Bonchev–Trinajstić information content (AvgIpc) is 3.22. The Hall–Kier alpha value is -2.57. The van der Waals surface area contributed by atoms with Crippen LogP contribution < -0.4 is 10.1 Å². The molecule has 0 aliphatic carbocycles. The van der Waals surface area contributed by atoms with Gasteiger partial charge in [0.05, 0.1) is 17.3 Å². The second-order valence-electron chi connectivity index (χ2n) is 5.48. The van der Waals surface area contributed by atoms with Gasteiger partial charge in [0.2, 0.25) is 0 Å². The van der Waals surface area contributed by atoms with Crippen LogP contribution in [0.4, 0.5) is 5.13 Å². The predicted octanol–water partition coefficient (Wildman–Crippen LogP) is 5.27. The van der Waals surface area contributed by atoms with Crippen LogP contribution in [0.2, 0.25) is 5.02 Å². The Morgan fingerprint density at radius 2 is 2.16 bits per heavy atom. The Labute approximate surface area is 152 Å². The zero-order chi connectivity index (χ0) is 17.6. The second-order valence-corrected chi connectivity index (χ2v) is 6.92. The molecule has 0 saturated heterocycles. The number of halogens is 1. The highest BCUT2D eigenvalue weighted by atomic mass is 35.5.